The van der Waals surface area contributed by atoms with E-state index in [1.807, 2.05) is 23.6 Å². The van der Waals surface area contributed by atoms with Gasteiger partial charge >= 0.3 is 0 Å². The quantitative estimate of drug-likeness (QED) is 0.740. The second-order valence-corrected chi connectivity index (χ2v) is 7.95. The van der Waals surface area contributed by atoms with Crippen molar-refractivity contribution >= 4 is 21.4 Å². The lowest BCUT2D eigenvalue weighted by atomic mass is 10.1. The summed E-state index contributed by atoms with van der Waals surface area (Å²) >= 11 is 1.41. The van der Waals surface area contributed by atoms with Gasteiger partial charge in [-0.05, 0) is 53.4 Å². The third-order valence-corrected chi connectivity index (χ3v) is 5.97. The lowest BCUT2D eigenvalue weighted by Crippen LogP contribution is -2.29. The number of rotatable bonds is 5. The average Bonchev–Trinajstić information content (AvgIpc) is 3.15. The van der Waals surface area contributed by atoms with Crippen LogP contribution in [0.5, 0.6) is 0 Å². The van der Waals surface area contributed by atoms with Crippen molar-refractivity contribution in [1.82, 2.24) is 4.72 Å². The molecule has 0 radical (unpaired) electrons. The van der Waals surface area contributed by atoms with E-state index in [2.05, 4.69) is 4.72 Å². The summed E-state index contributed by atoms with van der Waals surface area (Å²) in [5, 5.41) is 10.7. The van der Waals surface area contributed by atoms with Gasteiger partial charge in [0.15, 0.2) is 0 Å². The van der Waals surface area contributed by atoms with Gasteiger partial charge in [-0.2, -0.15) is 9.98 Å². The second kappa shape index (κ2) is 7.15. The van der Waals surface area contributed by atoms with Gasteiger partial charge in [0.25, 0.3) is 0 Å². The molecule has 0 bridgehead atoms. The molecular weight excluding hydrogens is 359 g/mol. The highest BCUT2D eigenvalue weighted by atomic mass is 32.2. The molecule has 0 aliphatic rings. The van der Waals surface area contributed by atoms with Gasteiger partial charge < -0.3 is 0 Å². The number of benzene rings is 2. The van der Waals surface area contributed by atoms with E-state index in [4.69, 9.17) is 5.26 Å². The van der Waals surface area contributed by atoms with Crippen LogP contribution in [0.25, 0.3) is 0 Å². The Hall–Kier alpha value is -2.53. The molecule has 0 aliphatic heterocycles. The van der Waals surface area contributed by atoms with E-state index in [1.54, 1.807) is 12.1 Å². The monoisotopic (exact) mass is 372 g/mol. The first-order chi connectivity index (χ1) is 12.0. The average molecular weight is 372 g/mol. The van der Waals surface area contributed by atoms with E-state index < -0.39 is 16.1 Å². The van der Waals surface area contributed by atoms with Crippen LogP contribution in [0.15, 0.2) is 70.9 Å². The maximum Gasteiger partial charge on any atom is 0.241 e. The topological polar surface area (TPSA) is 70.0 Å². The van der Waals surface area contributed by atoms with Crippen molar-refractivity contribution in [2.45, 2.75) is 10.9 Å². The molecule has 4 nitrogen and oxygen atoms in total. The predicted molar refractivity (Wildman–Crippen MR) is 94.0 cm³/mol. The van der Waals surface area contributed by atoms with Crippen LogP contribution in [0, 0.1) is 17.1 Å². The van der Waals surface area contributed by atoms with Crippen molar-refractivity contribution in [1.29, 1.82) is 5.26 Å². The third kappa shape index (κ3) is 3.94. The summed E-state index contributed by atoms with van der Waals surface area (Å²) in [7, 11) is -3.82. The summed E-state index contributed by atoms with van der Waals surface area (Å²) in [5.41, 5.74) is 1.02. The van der Waals surface area contributed by atoms with Gasteiger partial charge in [-0.25, -0.2) is 12.8 Å². The van der Waals surface area contributed by atoms with Crippen LogP contribution in [0.3, 0.4) is 0 Å². The number of hydrogen-bond acceptors (Lipinski definition) is 4. The second-order valence-electron chi connectivity index (χ2n) is 5.26. The van der Waals surface area contributed by atoms with Crippen molar-refractivity contribution < 1.29 is 12.8 Å². The zero-order valence-corrected chi connectivity index (χ0v) is 14.5. The van der Waals surface area contributed by atoms with E-state index in [1.165, 1.54) is 47.7 Å². The molecule has 0 saturated carbocycles. The molecular formula is C18H13FN2O2S2. The fraction of sp³-hybridized carbons (Fsp3) is 0.0556. The van der Waals surface area contributed by atoms with E-state index >= 15 is 0 Å². The first-order valence-corrected chi connectivity index (χ1v) is 9.67. The van der Waals surface area contributed by atoms with Gasteiger partial charge in [-0.3, -0.25) is 0 Å². The third-order valence-electron chi connectivity index (χ3n) is 3.60. The zero-order chi connectivity index (χ0) is 17.9. The standard InChI is InChI=1S/C18H13FN2O2S2/c19-15-7-5-14(6-8-15)18(17-2-1-11-24-17)21-25(22,23)16-9-3-13(12-20)4-10-16/h1-11,18,21H/t18-/m0/s1. The van der Waals surface area contributed by atoms with Crippen LogP contribution in [0.2, 0.25) is 0 Å². The fourth-order valence-corrected chi connectivity index (χ4v) is 4.41. The number of thiophene rings is 1. The minimum Gasteiger partial charge on any atom is -0.207 e. The molecule has 0 aliphatic carbocycles. The van der Waals surface area contributed by atoms with Crippen molar-refractivity contribution in [2.24, 2.45) is 0 Å². The summed E-state index contributed by atoms with van der Waals surface area (Å²) < 4.78 is 41.3. The number of nitrogens with zero attached hydrogens (tertiary/aromatic N) is 1. The van der Waals surface area contributed by atoms with Crippen LogP contribution < -0.4 is 4.72 Å². The summed E-state index contributed by atoms with van der Waals surface area (Å²) in [6.45, 7) is 0. The SMILES string of the molecule is N#Cc1ccc(S(=O)(=O)N[C@@H](c2ccc(F)cc2)c2cccs2)cc1. The van der Waals surface area contributed by atoms with Gasteiger partial charge in [-0.15, -0.1) is 11.3 Å². The Kier molecular flexibility index (Phi) is 4.95. The first-order valence-electron chi connectivity index (χ1n) is 7.31. The molecule has 2 aromatic carbocycles. The molecule has 1 atom stereocenters. The van der Waals surface area contributed by atoms with Gasteiger partial charge in [0.05, 0.1) is 22.6 Å². The summed E-state index contributed by atoms with van der Waals surface area (Å²) in [5.74, 6) is -0.386. The number of halogens is 1. The fourth-order valence-electron chi connectivity index (χ4n) is 2.33. The smallest absolute Gasteiger partial charge is 0.207 e. The van der Waals surface area contributed by atoms with Crippen molar-refractivity contribution in [2.75, 3.05) is 0 Å². The van der Waals surface area contributed by atoms with Crippen LogP contribution in [0.1, 0.15) is 22.0 Å². The Morgan fingerprint density at radius 3 is 2.28 bits per heavy atom. The van der Waals surface area contributed by atoms with E-state index in [0.29, 0.717) is 11.1 Å². The highest BCUT2D eigenvalue weighted by Crippen LogP contribution is 2.28. The normalized spacial score (nSPS) is 12.5. The molecule has 1 heterocycles. The van der Waals surface area contributed by atoms with Crippen molar-refractivity contribution in [3.63, 3.8) is 0 Å². The number of hydrogen-bond donors (Lipinski definition) is 1. The molecule has 25 heavy (non-hydrogen) atoms. The Morgan fingerprint density at radius 2 is 1.72 bits per heavy atom. The minimum atomic E-state index is -3.82. The lowest BCUT2D eigenvalue weighted by Gasteiger charge is -2.18. The largest absolute Gasteiger partial charge is 0.241 e. The lowest BCUT2D eigenvalue weighted by molar-refractivity contribution is 0.573. The van der Waals surface area contributed by atoms with Gasteiger partial charge in [0, 0.05) is 4.88 Å². The molecule has 7 heteroatoms. The molecule has 0 amide bonds. The highest BCUT2D eigenvalue weighted by molar-refractivity contribution is 7.89. The number of nitriles is 1. The summed E-state index contributed by atoms with van der Waals surface area (Å²) in [4.78, 5) is 0.860. The van der Waals surface area contributed by atoms with Gasteiger partial charge in [-0.1, -0.05) is 18.2 Å². The Bertz CT molecular complexity index is 991. The van der Waals surface area contributed by atoms with E-state index in [9.17, 15) is 12.8 Å². The Morgan fingerprint density at radius 1 is 1.04 bits per heavy atom. The number of nitrogens with one attached hydrogen (secondary N) is 1. The maximum absolute atomic E-state index is 13.2. The maximum atomic E-state index is 13.2. The summed E-state index contributed by atoms with van der Waals surface area (Å²) in [6.07, 6.45) is 0. The number of sulfonamides is 1. The summed E-state index contributed by atoms with van der Waals surface area (Å²) in [6, 6.07) is 16.4. The Labute approximate surface area is 149 Å². The van der Waals surface area contributed by atoms with E-state index in [-0.39, 0.29) is 10.7 Å². The molecule has 126 valence electrons. The molecule has 0 spiro atoms. The molecule has 0 unspecified atom stereocenters. The molecule has 1 aromatic heterocycles. The molecule has 0 fully saturated rings. The van der Waals surface area contributed by atoms with Crippen molar-refractivity contribution in [3.05, 3.63) is 87.9 Å². The molecule has 0 saturated heterocycles. The minimum absolute atomic E-state index is 0.0650. The van der Waals surface area contributed by atoms with Crippen molar-refractivity contribution in [3.8, 4) is 6.07 Å². The Balaban J connectivity index is 1.97. The van der Waals surface area contributed by atoms with Crippen LogP contribution in [0.4, 0.5) is 4.39 Å². The highest BCUT2D eigenvalue weighted by Gasteiger charge is 2.23. The molecule has 3 rings (SSSR count). The molecule has 1 N–H and O–H groups in total. The van der Waals surface area contributed by atoms with Gasteiger partial charge in [0.2, 0.25) is 10.0 Å². The van der Waals surface area contributed by atoms with Crippen LogP contribution in [-0.2, 0) is 10.0 Å². The zero-order valence-electron chi connectivity index (χ0n) is 12.9. The molecule has 3 aromatic rings. The van der Waals surface area contributed by atoms with Crippen LogP contribution >= 0.6 is 11.3 Å². The first kappa shape index (κ1) is 17.3. The predicted octanol–water partition coefficient (Wildman–Crippen LogP) is 3.83. The van der Waals surface area contributed by atoms with E-state index in [0.717, 1.165) is 4.88 Å². The van der Waals surface area contributed by atoms with Crippen LogP contribution in [-0.4, -0.2) is 8.42 Å². The van der Waals surface area contributed by atoms with Gasteiger partial charge in [0.1, 0.15) is 5.82 Å².